The van der Waals surface area contributed by atoms with Gasteiger partial charge in [0.05, 0.1) is 12.0 Å². The summed E-state index contributed by atoms with van der Waals surface area (Å²) in [7, 11) is 0. The number of imidazole rings is 1. The van der Waals surface area contributed by atoms with Crippen molar-refractivity contribution in [2.45, 2.75) is 76.5 Å². The molecule has 5 nitrogen and oxygen atoms in total. The van der Waals surface area contributed by atoms with Crippen LogP contribution >= 0.6 is 0 Å². The van der Waals surface area contributed by atoms with E-state index in [1.54, 1.807) is 6.33 Å². The maximum Gasteiger partial charge on any atom is 0.240 e. The first-order valence-electron chi connectivity index (χ1n) is 8.33. The zero-order valence-electron chi connectivity index (χ0n) is 12.7. The minimum atomic E-state index is 0.112. The van der Waals surface area contributed by atoms with Crippen molar-refractivity contribution in [2.24, 2.45) is 0 Å². The molecule has 2 aliphatic rings. The van der Waals surface area contributed by atoms with Crippen LogP contribution < -0.4 is 10.6 Å². The molecule has 2 saturated carbocycles. The third-order valence-electron chi connectivity index (χ3n) is 4.38. The van der Waals surface area contributed by atoms with E-state index >= 15 is 0 Å². The first-order chi connectivity index (χ1) is 10.3. The summed E-state index contributed by atoms with van der Waals surface area (Å²) in [6.45, 7) is 1.19. The lowest BCUT2D eigenvalue weighted by Gasteiger charge is -2.16. The smallest absolute Gasteiger partial charge is 0.240 e. The molecule has 2 aliphatic carbocycles. The van der Waals surface area contributed by atoms with Gasteiger partial charge in [-0.3, -0.25) is 4.79 Å². The maximum absolute atomic E-state index is 12.1. The van der Waals surface area contributed by atoms with E-state index in [9.17, 15) is 4.79 Å². The van der Waals surface area contributed by atoms with Gasteiger partial charge in [0, 0.05) is 24.8 Å². The Morgan fingerprint density at radius 2 is 1.90 bits per heavy atom. The molecule has 1 aromatic heterocycles. The lowest BCUT2D eigenvalue weighted by atomic mass is 10.1. The van der Waals surface area contributed by atoms with E-state index < -0.39 is 0 Å². The average molecular weight is 290 g/mol. The highest BCUT2D eigenvalue weighted by molar-refractivity contribution is 5.76. The van der Waals surface area contributed by atoms with Gasteiger partial charge in [-0.15, -0.1) is 0 Å². The van der Waals surface area contributed by atoms with Crippen LogP contribution in [0.1, 0.15) is 57.1 Å². The third kappa shape index (κ3) is 4.84. The Labute approximate surface area is 126 Å². The summed E-state index contributed by atoms with van der Waals surface area (Å²) < 4.78 is 1.88. The summed E-state index contributed by atoms with van der Waals surface area (Å²) in [5.74, 6) is 0.112. The van der Waals surface area contributed by atoms with Crippen LogP contribution in [0.15, 0.2) is 12.5 Å². The van der Waals surface area contributed by atoms with Gasteiger partial charge in [-0.05, 0) is 25.7 Å². The Morgan fingerprint density at radius 3 is 2.62 bits per heavy atom. The topological polar surface area (TPSA) is 59.0 Å². The van der Waals surface area contributed by atoms with E-state index in [4.69, 9.17) is 0 Å². The maximum atomic E-state index is 12.1. The molecular formula is C16H26N4O. The second kappa shape index (κ2) is 7.07. The zero-order chi connectivity index (χ0) is 14.5. The van der Waals surface area contributed by atoms with E-state index in [0.717, 1.165) is 25.1 Å². The van der Waals surface area contributed by atoms with E-state index in [1.807, 2.05) is 10.8 Å². The van der Waals surface area contributed by atoms with Crippen molar-refractivity contribution >= 4 is 5.91 Å². The van der Waals surface area contributed by atoms with Crippen LogP contribution in [0, 0.1) is 0 Å². The number of rotatable bonds is 6. The van der Waals surface area contributed by atoms with Crippen molar-refractivity contribution in [1.82, 2.24) is 20.2 Å². The van der Waals surface area contributed by atoms with Gasteiger partial charge in [0.15, 0.2) is 0 Å². The Balaban J connectivity index is 1.42. The van der Waals surface area contributed by atoms with Gasteiger partial charge in [-0.2, -0.15) is 0 Å². The molecule has 2 fully saturated rings. The van der Waals surface area contributed by atoms with Gasteiger partial charge >= 0.3 is 0 Å². The fraction of sp³-hybridized carbons (Fsp3) is 0.750. The lowest BCUT2D eigenvalue weighted by molar-refractivity contribution is -0.122. The SMILES string of the molecule is O=C(Cn1cnc(CNC2CC2)c1)NC1CCCCCC1. The third-order valence-corrected chi connectivity index (χ3v) is 4.38. The number of nitrogens with zero attached hydrogens (tertiary/aromatic N) is 2. The summed E-state index contributed by atoms with van der Waals surface area (Å²) in [5.41, 5.74) is 1.02. The van der Waals surface area contributed by atoms with Crippen molar-refractivity contribution in [3.05, 3.63) is 18.2 Å². The highest BCUT2D eigenvalue weighted by atomic mass is 16.2. The lowest BCUT2D eigenvalue weighted by Crippen LogP contribution is -2.36. The number of nitrogens with one attached hydrogen (secondary N) is 2. The Morgan fingerprint density at radius 1 is 1.14 bits per heavy atom. The van der Waals surface area contributed by atoms with E-state index in [0.29, 0.717) is 18.6 Å². The van der Waals surface area contributed by atoms with Crippen molar-refractivity contribution in [3.8, 4) is 0 Å². The molecule has 1 aromatic rings. The van der Waals surface area contributed by atoms with Gasteiger partial charge in [0.1, 0.15) is 6.54 Å². The van der Waals surface area contributed by atoms with Gasteiger partial charge in [-0.25, -0.2) is 4.98 Å². The fourth-order valence-electron chi connectivity index (χ4n) is 2.98. The van der Waals surface area contributed by atoms with E-state index in [1.165, 1.54) is 38.5 Å². The predicted molar refractivity (Wildman–Crippen MR) is 81.7 cm³/mol. The summed E-state index contributed by atoms with van der Waals surface area (Å²) in [5, 5.41) is 6.61. The number of hydrogen-bond acceptors (Lipinski definition) is 3. The second-order valence-corrected chi connectivity index (χ2v) is 6.45. The first kappa shape index (κ1) is 14.6. The normalized spacial score (nSPS) is 20.2. The highest BCUT2D eigenvalue weighted by Crippen LogP contribution is 2.19. The molecule has 0 spiro atoms. The first-order valence-corrected chi connectivity index (χ1v) is 8.33. The van der Waals surface area contributed by atoms with Gasteiger partial charge in [-0.1, -0.05) is 25.7 Å². The standard InChI is InChI=1S/C16H26N4O/c21-16(19-14-5-3-1-2-4-6-14)11-20-10-15(18-12-20)9-17-13-7-8-13/h10,12-14,17H,1-9,11H2,(H,19,21). The highest BCUT2D eigenvalue weighted by Gasteiger charge is 2.20. The molecule has 1 amide bonds. The number of carbonyl (C=O) groups is 1. The predicted octanol–water partition coefficient (Wildman–Crippen LogP) is 1.97. The van der Waals surface area contributed by atoms with E-state index in [2.05, 4.69) is 15.6 Å². The fourth-order valence-corrected chi connectivity index (χ4v) is 2.98. The van der Waals surface area contributed by atoms with Crippen LogP contribution in [-0.4, -0.2) is 27.5 Å². The molecule has 0 radical (unpaired) electrons. The van der Waals surface area contributed by atoms with Gasteiger partial charge < -0.3 is 15.2 Å². The Kier molecular flexibility index (Phi) is 4.91. The number of hydrogen-bond donors (Lipinski definition) is 2. The molecule has 21 heavy (non-hydrogen) atoms. The summed E-state index contributed by atoms with van der Waals surface area (Å²) in [4.78, 5) is 16.5. The molecule has 1 heterocycles. The molecule has 0 unspecified atom stereocenters. The van der Waals surface area contributed by atoms with Crippen LogP contribution in [0.25, 0.3) is 0 Å². The summed E-state index contributed by atoms with van der Waals surface area (Å²) >= 11 is 0. The summed E-state index contributed by atoms with van der Waals surface area (Å²) in [6, 6.07) is 1.06. The van der Waals surface area contributed by atoms with Crippen molar-refractivity contribution in [1.29, 1.82) is 0 Å². The monoisotopic (exact) mass is 290 g/mol. The van der Waals surface area contributed by atoms with Crippen LogP contribution in [-0.2, 0) is 17.9 Å². The average Bonchev–Trinajstić information content (AvgIpc) is 3.23. The molecule has 0 aliphatic heterocycles. The van der Waals surface area contributed by atoms with Gasteiger partial charge in [0.25, 0.3) is 0 Å². The number of aromatic nitrogens is 2. The molecule has 0 bridgehead atoms. The number of amides is 1. The van der Waals surface area contributed by atoms with Crippen molar-refractivity contribution in [3.63, 3.8) is 0 Å². The Hall–Kier alpha value is -1.36. The molecule has 0 atom stereocenters. The molecule has 2 N–H and O–H groups in total. The molecule has 0 aromatic carbocycles. The van der Waals surface area contributed by atoms with Crippen molar-refractivity contribution < 1.29 is 4.79 Å². The number of carbonyl (C=O) groups excluding carboxylic acids is 1. The molecule has 116 valence electrons. The Bertz CT molecular complexity index is 459. The second-order valence-electron chi connectivity index (χ2n) is 6.45. The molecular weight excluding hydrogens is 264 g/mol. The van der Waals surface area contributed by atoms with Crippen LogP contribution in [0.3, 0.4) is 0 Å². The quantitative estimate of drug-likeness (QED) is 0.788. The van der Waals surface area contributed by atoms with E-state index in [-0.39, 0.29) is 5.91 Å². The minimum Gasteiger partial charge on any atom is -0.352 e. The van der Waals surface area contributed by atoms with Crippen LogP contribution in [0.5, 0.6) is 0 Å². The zero-order valence-corrected chi connectivity index (χ0v) is 12.7. The van der Waals surface area contributed by atoms with Crippen LogP contribution in [0.4, 0.5) is 0 Å². The van der Waals surface area contributed by atoms with Crippen molar-refractivity contribution in [2.75, 3.05) is 0 Å². The molecule has 5 heteroatoms. The molecule has 3 rings (SSSR count). The minimum absolute atomic E-state index is 0.112. The van der Waals surface area contributed by atoms with Crippen LogP contribution in [0.2, 0.25) is 0 Å². The van der Waals surface area contributed by atoms with Gasteiger partial charge in [0.2, 0.25) is 5.91 Å². The summed E-state index contributed by atoms with van der Waals surface area (Å²) in [6.07, 6.45) is 13.7. The largest absolute Gasteiger partial charge is 0.352 e. The molecule has 0 saturated heterocycles.